The number of amides is 1. The minimum atomic E-state index is -0.176. The van der Waals surface area contributed by atoms with Crippen LogP contribution in [0.1, 0.15) is 16.7 Å². The van der Waals surface area contributed by atoms with Gasteiger partial charge in [0.15, 0.2) is 5.15 Å². The van der Waals surface area contributed by atoms with E-state index in [2.05, 4.69) is 10.3 Å². The Morgan fingerprint density at radius 1 is 1.29 bits per heavy atom. The first-order valence-electron chi connectivity index (χ1n) is 6.40. The lowest BCUT2D eigenvalue weighted by Crippen LogP contribution is -2.17. The Morgan fingerprint density at radius 3 is 2.57 bits per heavy atom. The molecule has 2 rings (SSSR count). The van der Waals surface area contributed by atoms with Gasteiger partial charge in [0.25, 0.3) is 0 Å². The van der Waals surface area contributed by atoms with Gasteiger partial charge in [0.2, 0.25) is 5.91 Å². The second-order valence-corrected chi connectivity index (χ2v) is 5.37. The van der Waals surface area contributed by atoms with Crippen LogP contribution in [0.2, 0.25) is 10.3 Å². The number of anilines is 1. The average Bonchev–Trinajstić information content (AvgIpc) is 2.43. The van der Waals surface area contributed by atoms with Crippen molar-refractivity contribution in [1.29, 1.82) is 0 Å². The molecule has 0 unspecified atom stereocenters. The zero-order valence-corrected chi connectivity index (χ0v) is 13.0. The number of nitrogens with one attached hydrogen (secondary N) is 1. The quantitative estimate of drug-likeness (QED) is 0.848. The molecule has 0 aliphatic carbocycles. The molecule has 21 heavy (non-hydrogen) atoms. The average molecular weight is 324 g/mol. The number of nitrogens with zero attached hydrogens (tertiary/aromatic N) is 1. The Labute approximate surface area is 133 Å². The van der Waals surface area contributed by atoms with Gasteiger partial charge in [-0.2, -0.15) is 0 Å². The van der Waals surface area contributed by atoms with Gasteiger partial charge in [-0.1, -0.05) is 47.5 Å². The standard InChI is InChI=1S/C15H15Cl2N3O/c1-9-6-12(16)19-15(17)14(9)20-13(21)7-10-4-2-3-5-11(10)8-18/h2-6H,7-8,18H2,1H3,(H,20,21). The Balaban J connectivity index is 2.16. The molecule has 0 aliphatic rings. The Hall–Kier alpha value is -1.62. The van der Waals surface area contributed by atoms with E-state index in [0.29, 0.717) is 17.4 Å². The molecule has 2 aromatic rings. The summed E-state index contributed by atoms with van der Waals surface area (Å²) in [4.78, 5) is 16.1. The summed E-state index contributed by atoms with van der Waals surface area (Å²) in [6.45, 7) is 2.20. The lowest BCUT2D eigenvalue weighted by Gasteiger charge is -2.11. The van der Waals surface area contributed by atoms with E-state index in [1.807, 2.05) is 31.2 Å². The van der Waals surface area contributed by atoms with Crippen molar-refractivity contribution in [2.24, 2.45) is 5.73 Å². The molecule has 6 heteroatoms. The highest BCUT2D eigenvalue weighted by molar-refractivity contribution is 6.34. The largest absolute Gasteiger partial charge is 0.326 e. The van der Waals surface area contributed by atoms with Gasteiger partial charge in [-0.3, -0.25) is 4.79 Å². The minimum Gasteiger partial charge on any atom is -0.326 e. The monoisotopic (exact) mass is 323 g/mol. The number of nitrogens with two attached hydrogens (primary N) is 1. The summed E-state index contributed by atoms with van der Waals surface area (Å²) in [5.41, 5.74) is 8.76. The molecule has 0 saturated carbocycles. The van der Waals surface area contributed by atoms with E-state index in [1.54, 1.807) is 6.07 Å². The zero-order chi connectivity index (χ0) is 15.4. The summed E-state index contributed by atoms with van der Waals surface area (Å²) in [6, 6.07) is 9.22. The van der Waals surface area contributed by atoms with Crippen molar-refractivity contribution in [3.8, 4) is 0 Å². The number of halogens is 2. The lowest BCUT2D eigenvalue weighted by atomic mass is 10.0. The van der Waals surface area contributed by atoms with Crippen molar-refractivity contribution < 1.29 is 4.79 Å². The van der Waals surface area contributed by atoms with E-state index < -0.39 is 0 Å². The van der Waals surface area contributed by atoms with Gasteiger partial charge >= 0.3 is 0 Å². The fourth-order valence-electron chi connectivity index (χ4n) is 2.03. The van der Waals surface area contributed by atoms with Gasteiger partial charge in [0.05, 0.1) is 12.1 Å². The van der Waals surface area contributed by atoms with Crippen molar-refractivity contribution in [1.82, 2.24) is 4.98 Å². The van der Waals surface area contributed by atoms with Crippen LogP contribution in [0.5, 0.6) is 0 Å². The maximum Gasteiger partial charge on any atom is 0.228 e. The number of benzene rings is 1. The first kappa shape index (κ1) is 15.8. The third kappa shape index (κ3) is 3.94. The summed E-state index contributed by atoms with van der Waals surface area (Å²) < 4.78 is 0. The predicted molar refractivity (Wildman–Crippen MR) is 85.7 cm³/mol. The maximum atomic E-state index is 12.2. The number of rotatable bonds is 4. The van der Waals surface area contributed by atoms with Crippen LogP contribution in [0.4, 0.5) is 5.69 Å². The van der Waals surface area contributed by atoms with E-state index in [0.717, 1.165) is 16.7 Å². The fraction of sp³-hybridized carbons (Fsp3) is 0.200. The molecule has 0 saturated heterocycles. The molecule has 0 bridgehead atoms. The SMILES string of the molecule is Cc1cc(Cl)nc(Cl)c1NC(=O)Cc1ccccc1CN. The van der Waals surface area contributed by atoms with Crippen LogP contribution in [0.25, 0.3) is 0 Å². The molecular formula is C15H15Cl2N3O. The van der Waals surface area contributed by atoms with E-state index in [4.69, 9.17) is 28.9 Å². The van der Waals surface area contributed by atoms with Crippen molar-refractivity contribution in [2.45, 2.75) is 19.9 Å². The summed E-state index contributed by atoms with van der Waals surface area (Å²) >= 11 is 11.8. The van der Waals surface area contributed by atoms with Crippen LogP contribution in [0.3, 0.4) is 0 Å². The minimum absolute atomic E-state index is 0.176. The lowest BCUT2D eigenvalue weighted by molar-refractivity contribution is -0.115. The molecule has 0 atom stereocenters. The summed E-state index contributed by atoms with van der Waals surface area (Å²) in [6.07, 6.45) is 0.228. The Kier molecular flexibility index (Phi) is 5.17. The maximum absolute atomic E-state index is 12.2. The number of carbonyl (C=O) groups excluding carboxylic acids is 1. The topological polar surface area (TPSA) is 68.0 Å². The molecule has 0 aliphatic heterocycles. The van der Waals surface area contributed by atoms with Gasteiger partial charge in [-0.05, 0) is 29.7 Å². The summed E-state index contributed by atoms with van der Waals surface area (Å²) in [7, 11) is 0. The second-order valence-electron chi connectivity index (χ2n) is 4.63. The van der Waals surface area contributed by atoms with Crippen LogP contribution in [-0.4, -0.2) is 10.9 Å². The van der Waals surface area contributed by atoms with Gasteiger partial charge < -0.3 is 11.1 Å². The molecule has 0 fully saturated rings. The first-order valence-corrected chi connectivity index (χ1v) is 7.16. The number of aromatic nitrogens is 1. The molecule has 0 radical (unpaired) electrons. The normalized spacial score (nSPS) is 10.5. The van der Waals surface area contributed by atoms with Crippen molar-refractivity contribution >= 4 is 34.8 Å². The highest BCUT2D eigenvalue weighted by Gasteiger charge is 2.12. The van der Waals surface area contributed by atoms with Gasteiger partial charge in [0, 0.05) is 6.54 Å². The van der Waals surface area contributed by atoms with E-state index >= 15 is 0 Å². The number of aryl methyl sites for hydroxylation is 1. The van der Waals surface area contributed by atoms with Crippen LogP contribution < -0.4 is 11.1 Å². The van der Waals surface area contributed by atoms with E-state index in [-0.39, 0.29) is 17.5 Å². The highest BCUT2D eigenvalue weighted by atomic mass is 35.5. The zero-order valence-electron chi connectivity index (χ0n) is 11.5. The predicted octanol–water partition coefficient (Wildman–Crippen LogP) is 3.34. The van der Waals surface area contributed by atoms with Crippen LogP contribution in [-0.2, 0) is 17.8 Å². The molecule has 3 N–H and O–H groups in total. The molecule has 1 heterocycles. The Bertz CT molecular complexity index is 651. The first-order chi connectivity index (χ1) is 10.0. The van der Waals surface area contributed by atoms with E-state index in [1.165, 1.54) is 0 Å². The number of pyridine rings is 1. The fourth-order valence-corrected chi connectivity index (χ4v) is 2.61. The highest BCUT2D eigenvalue weighted by Crippen LogP contribution is 2.26. The van der Waals surface area contributed by atoms with Crippen LogP contribution in [0, 0.1) is 6.92 Å². The molecule has 1 aromatic carbocycles. The Morgan fingerprint density at radius 2 is 1.95 bits per heavy atom. The smallest absolute Gasteiger partial charge is 0.228 e. The van der Waals surface area contributed by atoms with E-state index in [9.17, 15) is 4.79 Å². The second kappa shape index (κ2) is 6.89. The van der Waals surface area contributed by atoms with Crippen LogP contribution in [0.15, 0.2) is 30.3 Å². The van der Waals surface area contributed by atoms with Crippen LogP contribution >= 0.6 is 23.2 Å². The van der Waals surface area contributed by atoms with Gasteiger partial charge in [-0.15, -0.1) is 0 Å². The molecule has 0 spiro atoms. The van der Waals surface area contributed by atoms with Crippen molar-refractivity contribution in [3.05, 3.63) is 57.3 Å². The summed E-state index contributed by atoms with van der Waals surface area (Å²) in [5, 5.41) is 3.25. The third-order valence-electron chi connectivity index (χ3n) is 3.09. The number of hydrogen-bond donors (Lipinski definition) is 2. The number of hydrogen-bond acceptors (Lipinski definition) is 3. The number of carbonyl (C=O) groups is 1. The van der Waals surface area contributed by atoms with Crippen molar-refractivity contribution in [3.63, 3.8) is 0 Å². The molecule has 1 amide bonds. The molecule has 1 aromatic heterocycles. The summed E-state index contributed by atoms with van der Waals surface area (Å²) in [5.74, 6) is -0.176. The molecule has 4 nitrogen and oxygen atoms in total. The third-order valence-corrected chi connectivity index (χ3v) is 3.56. The molecule has 110 valence electrons. The molecular weight excluding hydrogens is 309 g/mol. The van der Waals surface area contributed by atoms with Crippen molar-refractivity contribution in [2.75, 3.05) is 5.32 Å². The van der Waals surface area contributed by atoms with Gasteiger partial charge in [-0.25, -0.2) is 4.98 Å². The van der Waals surface area contributed by atoms with Gasteiger partial charge in [0.1, 0.15) is 5.15 Å².